The Morgan fingerprint density at radius 2 is 2.21 bits per heavy atom. The van der Waals surface area contributed by atoms with Crippen molar-refractivity contribution < 1.29 is 13.7 Å². The van der Waals surface area contributed by atoms with Crippen molar-refractivity contribution in [1.29, 1.82) is 0 Å². The van der Waals surface area contributed by atoms with E-state index in [2.05, 4.69) is 10.1 Å². The van der Waals surface area contributed by atoms with E-state index in [4.69, 9.17) is 4.52 Å². The molecule has 4 nitrogen and oxygen atoms in total. The number of carbonyl (C=O) groups excluding carboxylic acids is 1. The van der Waals surface area contributed by atoms with Gasteiger partial charge in [-0.3, -0.25) is 4.79 Å². The first-order chi connectivity index (χ1) is 9.02. The molecule has 0 aliphatic rings. The van der Waals surface area contributed by atoms with Crippen LogP contribution in [0.2, 0.25) is 0 Å². The third kappa shape index (κ3) is 2.70. The predicted octanol–water partition coefficient (Wildman–Crippen LogP) is 3.27. The number of benzene rings is 1. The molecule has 0 fully saturated rings. The van der Waals surface area contributed by atoms with Gasteiger partial charge in [0.1, 0.15) is 11.6 Å². The number of rotatable bonds is 4. The fourth-order valence-corrected chi connectivity index (χ4v) is 1.84. The number of halogens is 1. The highest BCUT2D eigenvalue weighted by atomic mass is 19.1. The molecule has 1 heterocycles. The highest BCUT2D eigenvalue weighted by molar-refractivity contribution is 5.84. The molecule has 0 aliphatic heterocycles. The van der Waals surface area contributed by atoms with Gasteiger partial charge in [0.25, 0.3) is 0 Å². The molecule has 0 saturated carbocycles. The molecule has 2 rings (SSSR count). The Morgan fingerprint density at radius 1 is 1.47 bits per heavy atom. The average Bonchev–Trinajstić information content (AvgIpc) is 2.86. The normalized spacial score (nSPS) is 12.4. The average molecular weight is 262 g/mol. The molecule has 0 N–H and O–H groups in total. The minimum absolute atomic E-state index is 0.0472. The quantitative estimate of drug-likeness (QED) is 0.848. The second-order valence-electron chi connectivity index (χ2n) is 4.46. The Hall–Kier alpha value is -2.04. The molecule has 2 aromatic rings. The van der Waals surface area contributed by atoms with Crippen molar-refractivity contribution in [1.82, 2.24) is 10.1 Å². The summed E-state index contributed by atoms with van der Waals surface area (Å²) >= 11 is 0. The van der Waals surface area contributed by atoms with Crippen LogP contribution in [-0.4, -0.2) is 15.9 Å². The van der Waals surface area contributed by atoms with E-state index in [0.29, 0.717) is 23.7 Å². The van der Waals surface area contributed by atoms with Gasteiger partial charge in [-0.15, -0.1) is 0 Å². The van der Waals surface area contributed by atoms with E-state index in [1.54, 1.807) is 26.8 Å². The highest BCUT2D eigenvalue weighted by Crippen LogP contribution is 2.24. The Labute approximate surface area is 110 Å². The zero-order valence-corrected chi connectivity index (χ0v) is 11.1. The van der Waals surface area contributed by atoms with Crippen LogP contribution in [-0.2, 0) is 4.79 Å². The molecule has 1 aromatic heterocycles. The summed E-state index contributed by atoms with van der Waals surface area (Å²) in [4.78, 5) is 15.8. The minimum Gasteiger partial charge on any atom is -0.338 e. The van der Waals surface area contributed by atoms with Crippen molar-refractivity contribution >= 4 is 5.78 Å². The van der Waals surface area contributed by atoms with Crippen LogP contribution in [0.4, 0.5) is 4.39 Å². The molecule has 0 saturated heterocycles. The maximum Gasteiger partial charge on any atom is 0.237 e. The molecule has 100 valence electrons. The van der Waals surface area contributed by atoms with Crippen LogP contribution in [0.25, 0.3) is 11.4 Å². The van der Waals surface area contributed by atoms with Crippen molar-refractivity contribution in [3.8, 4) is 11.4 Å². The molecule has 0 aliphatic carbocycles. The second kappa shape index (κ2) is 5.30. The summed E-state index contributed by atoms with van der Waals surface area (Å²) < 4.78 is 18.2. The van der Waals surface area contributed by atoms with Gasteiger partial charge in [-0.1, -0.05) is 12.1 Å². The standard InChI is InChI=1S/C14H15FN2O2/c1-4-12(18)9(3)14-16-13(17-19-14)11-6-5-10(15)7-8(11)2/h5-7,9H,4H2,1-3H3. The highest BCUT2D eigenvalue weighted by Gasteiger charge is 2.21. The number of ketones is 1. The molecule has 1 atom stereocenters. The SMILES string of the molecule is CCC(=O)C(C)c1nc(-c2ccc(F)cc2C)no1. The van der Waals surface area contributed by atoms with Crippen LogP contribution >= 0.6 is 0 Å². The van der Waals surface area contributed by atoms with Crippen LogP contribution in [0, 0.1) is 12.7 Å². The second-order valence-corrected chi connectivity index (χ2v) is 4.46. The van der Waals surface area contributed by atoms with Gasteiger partial charge in [-0.25, -0.2) is 4.39 Å². The van der Waals surface area contributed by atoms with Crippen molar-refractivity contribution in [2.75, 3.05) is 0 Å². The van der Waals surface area contributed by atoms with Crippen LogP contribution in [0.15, 0.2) is 22.7 Å². The first-order valence-electron chi connectivity index (χ1n) is 6.15. The predicted molar refractivity (Wildman–Crippen MR) is 68.1 cm³/mol. The number of carbonyl (C=O) groups is 1. The smallest absolute Gasteiger partial charge is 0.237 e. The summed E-state index contributed by atoms with van der Waals surface area (Å²) in [7, 11) is 0. The van der Waals surface area contributed by atoms with Crippen molar-refractivity contribution in [3.63, 3.8) is 0 Å². The van der Waals surface area contributed by atoms with Gasteiger partial charge < -0.3 is 4.52 Å². The molecule has 5 heteroatoms. The molecule has 0 amide bonds. The zero-order valence-electron chi connectivity index (χ0n) is 11.1. The summed E-state index contributed by atoms with van der Waals surface area (Å²) in [5.41, 5.74) is 1.43. The minimum atomic E-state index is -0.410. The molecule has 0 spiro atoms. The zero-order chi connectivity index (χ0) is 14.0. The van der Waals surface area contributed by atoms with Crippen molar-refractivity contribution in [3.05, 3.63) is 35.5 Å². The molecule has 0 bridgehead atoms. The summed E-state index contributed by atoms with van der Waals surface area (Å²) in [5.74, 6) is 0.00589. The number of hydrogen-bond donors (Lipinski definition) is 0. The monoisotopic (exact) mass is 262 g/mol. The first kappa shape index (κ1) is 13.4. The largest absolute Gasteiger partial charge is 0.338 e. The fourth-order valence-electron chi connectivity index (χ4n) is 1.84. The summed E-state index contributed by atoms with van der Waals surface area (Å²) in [6, 6.07) is 4.36. The van der Waals surface area contributed by atoms with Crippen LogP contribution in [0.3, 0.4) is 0 Å². The van der Waals surface area contributed by atoms with Crippen molar-refractivity contribution in [2.24, 2.45) is 0 Å². The lowest BCUT2D eigenvalue weighted by molar-refractivity contribution is -0.120. The van der Waals surface area contributed by atoms with E-state index in [1.165, 1.54) is 12.1 Å². The van der Waals surface area contributed by atoms with Crippen molar-refractivity contribution in [2.45, 2.75) is 33.1 Å². The van der Waals surface area contributed by atoms with E-state index in [9.17, 15) is 9.18 Å². The van der Waals surface area contributed by atoms with Gasteiger partial charge in [-0.05, 0) is 37.6 Å². The van der Waals surface area contributed by atoms with E-state index in [0.717, 1.165) is 5.56 Å². The number of aromatic nitrogens is 2. The van der Waals surface area contributed by atoms with Crippen LogP contribution < -0.4 is 0 Å². The fraction of sp³-hybridized carbons (Fsp3) is 0.357. The summed E-state index contributed by atoms with van der Waals surface area (Å²) in [6.45, 7) is 5.30. The summed E-state index contributed by atoms with van der Waals surface area (Å²) in [6.07, 6.45) is 0.425. The van der Waals surface area contributed by atoms with Gasteiger partial charge in [0.15, 0.2) is 0 Å². The lowest BCUT2D eigenvalue weighted by atomic mass is 10.0. The van der Waals surface area contributed by atoms with E-state index in [1.807, 2.05) is 0 Å². The number of aryl methyl sites for hydroxylation is 1. The van der Waals surface area contributed by atoms with E-state index in [-0.39, 0.29) is 11.6 Å². The van der Waals surface area contributed by atoms with Gasteiger partial charge in [0, 0.05) is 12.0 Å². The van der Waals surface area contributed by atoms with Gasteiger partial charge in [-0.2, -0.15) is 4.98 Å². The third-order valence-electron chi connectivity index (χ3n) is 3.07. The Morgan fingerprint density at radius 3 is 2.84 bits per heavy atom. The van der Waals surface area contributed by atoms with Gasteiger partial charge in [0.2, 0.25) is 11.7 Å². The molecule has 19 heavy (non-hydrogen) atoms. The number of hydrogen-bond acceptors (Lipinski definition) is 4. The number of Topliss-reactive ketones (excluding diaryl/α,β-unsaturated/α-hetero) is 1. The first-order valence-corrected chi connectivity index (χ1v) is 6.15. The van der Waals surface area contributed by atoms with E-state index < -0.39 is 5.92 Å². The molecular weight excluding hydrogens is 247 g/mol. The van der Waals surface area contributed by atoms with Crippen LogP contribution in [0.5, 0.6) is 0 Å². The Balaban J connectivity index is 2.33. The Kier molecular flexibility index (Phi) is 3.74. The lowest BCUT2D eigenvalue weighted by Gasteiger charge is -2.02. The molecule has 0 radical (unpaired) electrons. The lowest BCUT2D eigenvalue weighted by Crippen LogP contribution is -2.07. The van der Waals surface area contributed by atoms with Gasteiger partial charge in [0.05, 0.1) is 5.92 Å². The maximum atomic E-state index is 13.0. The third-order valence-corrected chi connectivity index (χ3v) is 3.07. The molecule has 1 unspecified atom stereocenters. The van der Waals surface area contributed by atoms with Gasteiger partial charge >= 0.3 is 0 Å². The van der Waals surface area contributed by atoms with E-state index >= 15 is 0 Å². The molecule has 1 aromatic carbocycles. The Bertz CT molecular complexity index is 607. The van der Waals surface area contributed by atoms with Crippen LogP contribution in [0.1, 0.15) is 37.6 Å². The topological polar surface area (TPSA) is 56.0 Å². The maximum absolute atomic E-state index is 13.0. The summed E-state index contributed by atoms with van der Waals surface area (Å²) in [5, 5.41) is 3.85. The molecular formula is C14H15FN2O2. The number of nitrogens with zero attached hydrogens (tertiary/aromatic N) is 2.